The fourth-order valence-corrected chi connectivity index (χ4v) is 2.31. The molecule has 0 radical (unpaired) electrons. The zero-order valence-electron chi connectivity index (χ0n) is 9.23. The van der Waals surface area contributed by atoms with Crippen LogP contribution in [-0.2, 0) is 11.2 Å². The first-order chi connectivity index (χ1) is 7.49. The van der Waals surface area contributed by atoms with Gasteiger partial charge in [-0.3, -0.25) is 4.79 Å². The minimum atomic E-state index is -0.767. The number of carboxylic acids is 1. The highest BCUT2D eigenvalue weighted by Gasteiger charge is 2.27. The third-order valence-corrected chi connectivity index (χ3v) is 3.41. The Bertz CT molecular complexity index is 531. The summed E-state index contributed by atoms with van der Waals surface area (Å²) >= 11 is 1.44. The highest BCUT2D eigenvalue weighted by molar-refractivity contribution is 7.13. The van der Waals surface area contributed by atoms with Gasteiger partial charge in [-0.25, -0.2) is 0 Å². The fourth-order valence-electron chi connectivity index (χ4n) is 1.60. The summed E-state index contributed by atoms with van der Waals surface area (Å²) in [4.78, 5) is 11.0. The SMILES string of the molecule is CC(C)(Cc1ccc2cnsc2c1)C(=O)O. The minimum absolute atomic E-state index is 0.538. The molecule has 0 atom stereocenters. The first-order valence-corrected chi connectivity index (χ1v) is 5.83. The van der Waals surface area contributed by atoms with Crippen LogP contribution in [0.4, 0.5) is 0 Å². The highest BCUT2D eigenvalue weighted by atomic mass is 32.1. The summed E-state index contributed by atoms with van der Waals surface area (Å²) in [6, 6.07) is 5.99. The van der Waals surface area contributed by atoms with Gasteiger partial charge in [0.25, 0.3) is 0 Å². The van der Waals surface area contributed by atoms with E-state index in [2.05, 4.69) is 4.37 Å². The average Bonchev–Trinajstić information content (AvgIpc) is 2.63. The topological polar surface area (TPSA) is 50.2 Å². The maximum Gasteiger partial charge on any atom is 0.309 e. The molecular weight excluding hydrogens is 222 g/mol. The lowest BCUT2D eigenvalue weighted by molar-refractivity contribution is -0.146. The molecule has 3 nitrogen and oxygen atoms in total. The van der Waals surface area contributed by atoms with E-state index < -0.39 is 11.4 Å². The summed E-state index contributed by atoms with van der Waals surface area (Å²) in [7, 11) is 0. The first kappa shape index (κ1) is 11.1. The molecule has 0 aliphatic rings. The van der Waals surface area contributed by atoms with Gasteiger partial charge in [0.2, 0.25) is 0 Å². The maximum absolute atomic E-state index is 11.0. The molecule has 0 spiro atoms. The van der Waals surface area contributed by atoms with Crippen LogP contribution in [0, 0.1) is 5.41 Å². The van der Waals surface area contributed by atoms with E-state index in [0.717, 1.165) is 15.6 Å². The number of aromatic nitrogens is 1. The van der Waals surface area contributed by atoms with Gasteiger partial charge in [0, 0.05) is 11.6 Å². The van der Waals surface area contributed by atoms with E-state index in [-0.39, 0.29) is 0 Å². The van der Waals surface area contributed by atoms with Crippen molar-refractivity contribution in [3.05, 3.63) is 30.0 Å². The van der Waals surface area contributed by atoms with E-state index in [1.807, 2.05) is 24.4 Å². The van der Waals surface area contributed by atoms with Crippen LogP contribution in [0.2, 0.25) is 0 Å². The lowest BCUT2D eigenvalue weighted by Gasteiger charge is -2.18. The van der Waals surface area contributed by atoms with Crippen molar-refractivity contribution in [1.82, 2.24) is 4.37 Å². The molecule has 0 aliphatic carbocycles. The lowest BCUT2D eigenvalue weighted by Crippen LogP contribution is -2.26. The molecule has 84 valence electrons. The van der Waals surface area contributed by atoms with Crippen molar-refractivity contribution >= 4 is 27.6 Å². The summed E-state index contributed by atoms with van der Waals surface area (Å²) in [5.41, 5.74) is 0.322. The molecule has 1 N–H and O–H groups in total. The van der Waals surface area contributed by atoms with Gasteiger partial charge in [0.1, 0.15) is 0 Å². The van der Waals surface area contributed by atoms with Crippen LogP contribution >= 0.6 is 11.5 Å². The lowest BCUT2D eigenvalue weighted by atomic mass is 9.86. The van der Waals surface area contributed by atoms with Crippen LogP contribution in [0.1, 0.15) is 19.4 Å². The Hall–Kier alpha value is -1.42. The number of hydrogen-bond donors (Lipinski definition) is 1. The summed E-state index contributed by atoms with van der Waals surface area (Å²) in [6.45, 7) is 3.48. The number of nitrogens with zero attached hydrogens (tertiary/aromatic N) is 1. The molecule has 0 bridgehead atoms. The molecule has 1 aromatic carbocycles. The average molecular weight is 235 g/mol. The molecule has 16 heavy (non-hydrogen) atoms. The van der Waals surface area contributed by atoms with Gasteiger partial charge in [-0.2, -0.15) is 4.37 Å². The Morgan fingerprint density at radius 2 is 2.25 bits per heavy atom. The van der Waals surface area contributed by atoms with Crippen LogP contribution in [0.5, 0.6) is 0 Å². The highest BCUT2D eigenvalue weighted by Crippen LogP contribution is 2.25. The second-order valence-electron chi connectivity index (χ2n) is 4.56. The van der Waals surface area contributed by atoms with E-state index in [1.54, 1.807) is 13.8 Å². The van der Waals surface area contributed by atoms with Crippen LogP contribution in [0.15, 0.2) is 24.4 Å². The van der Waals surface area contributed by atoms with E-state index in [1.165, 1.54) is 11.5 Å². The summed E-state index contributed by atoms with van der Waals surface area (Å²) in [5.74, 6) is -0.767. The second kappa shape index (κ2) is 3.87. The predicted octanol–water partition coefficient (Wildman–Crippen LogP) is 2.95. The molecule has 4 heteroatoms. The molecule has 0 saturated heterocycles. The first-order valence-electron chi connectivity index (χ1n) is 5.06. The Labute approximate surface area is 97.9 Å². The molecular formula is C12H13NO2S. The molecule has 0 aliphatic heterocycles. The number of carboxylic acid groups (broad SMARTS) is 1. The monoisotopic (exact) mass is 235 g/mol. The quantitative estimate of drug-likeness (QED) is 0.889. The molecule has 2 rings (SSSR count). The van der Waals surface area contributed by atoms with Crippen molar-refractivity contribution in [2.75, 3.05) is 0 Å². The van der Waals surface area contributed by atoms with Gasteiger partial charge < -0.3 is 5.11 Å². The number of carbonyl (C=O) groups is 1. The van der Waals surface area contributed by atoms with Gasteiger partial charge in [-0.15, -0.1) is 0 Å². The Balaban J connectivity index is 2.30. The molecule has 2 aromatic rings. The second-order valence-corrected chi connectivity index (χ2v) is 5.40. The van der Waals surface area contributed by atoms with E-state index in [4.69, 9.17) is 5.11 Å². The van der Waals surface area contributed by atoms with Gasteiger partial charge in [0.15, 0.2) is 0 Å². The van der Waals surface area contributed by atoms with Crippen molar-refractivity contribution < 1.29 is 9.90 Å². The molecule has 1 heterocycles. The summed E-state index contributed by atoms with van der Waals surface area (Å²) < 4.78 is 5.21. The Morgan fingerprint density at radius 1 is 1.50 bits per heavy atom. The number of hydrogen-bond acceptors (Lipinski definition) is 3. The van der Waals surface area contributed by atoms with Gasteiger partial charge in [-0.1, -0.05) is 12.1 Å². The van der Waals surface area contributed by atoms with Crippen LogP contribution in [-0.4, -0.2) is 15.4 Å². The molecule has 0 amide bonds. The smallest absolute Gasteiger partial charge is 0.309 e. The van der Waals surface area contributed by atoms with Gasteiger partial charge >= 0.3 is 5.97 Å². The van der Waals surface area contributed by atoms with Crippen LogP contribution in [0.25, 0.3) is 10.1 Å². The number of benzene rings is 1. The Kier molecular flexibility index (Phi) is 2.68. The minimum Gasteiger partial charge on any atom is -0.481 e. The van der Waals surface area contributed by atoms with Crippen molar-refractivity contribution in [2.45, 2.75) is 20.3 Å². The van der Waals surface area contributed by atoms with Gasteiger partial charge in [-0.05, 0) is 43.4 Å². The largest absolute Gasteiger partial charge is 0.481 e. The zero-order valence-corrected chi connectivity index (χ0v) is 10.0. The van der Waals surface area contributed by atoms with Crippen molar-refractivity contribution in [1.29, 1.82) is 0 Å². The molecule has 0 unspecified atom stereocenters. The molecule has 1 aromatic heterocycles. The van der Waals surface area contributed by atoms with Crippen LogP contribution in [0.3, 0.4) is 0 Å². The normalized spacial score (nSPS) is 11.9. The van der Waals surface area contributed by atoms with Crippen LogP contribution < -0.4 is 0 Å². The number of fused-ring (bicyclic) bond motifs is 1. The van der Waals surface area contributed by atoms with E-state index in [9.17, 15) is 4.79 Å². The van der Waals surface area contributed by atoms with E-state index in [0.29, 0.717) is 6.42 Å². The zero-order chi connectivity index (χ0) is 11.8. The van der Waals surface area contributed by atoms with E-state index >= 15 is 0 Å². The standard InChI is InChI=1S/C12H13NO2S/c1-12(2,11(14)15)6-8-3-4-9-7-13-16-10(9)5-8/h3-5,7H,6H2,1-2H3,(H,14,15). The summed E-state index contributed by atoms with van der Waals surface area (Å²) in [5, 5.41) is 10.2. The van der Waals surface area contributed by atoms with Crippen molar-refractivity contribution in [2.24, 2.45) is 5.41 Å². The number of aliphatic carboxylic acids is 1. The van der Waals surface area contributed by atoms with Crippen molar-refractivity contribution in [3.63, 3.8) is 0 Å². The molecule has 0 saturated carbocycles. The van der Waals surface area contributed by atoms with Gasteiger partial charge in [0.05, 0.1) is 10.1 Å². The Morgan fingerprint density at radius 3 is 2.94 bits per heavy atom. The maximum atomic E-state index is 11.0. The number of rotatable bonds is 3. The molecule has 0 fully saturated rings. The summed E-state index contributed by atoms with van der Waals surface area (Å²) in [6.07, 6.45) is 2.36. The third-order valence-electron chi connectivity index (χ3n) is 2.65. The van der Waals surface area contributed by atoms with Crippen molar-refractivity contribution in [3.8, 4) is 0 Å². The fraction of sp³-hybridized carbons (Fsp3) is 0.333. The third kappa shape index (κ3) is 2.07. The predicted molar refractivity (Wildman–Crippen MR) is 64.7 cm³/mol.